The van der Waals surface area contributed by atoms with Crippen molar-refractivity contribution >= 4 is 29.9 Å². The van der Waals surface area contributed by atoms with Crippen LogP contribution < -0.4 is 15.4 Å². The molecule has 2 rings (SSSR count). The van der Waals surface area contributed by atoms with E-state index in [1.54, 1.807) is 13.3 Å². The van der Waals surface area contributed by atoms with Gasteiger partial charge in [0.15, 0.2) is 5.96 Å². The summed E-state index contributed by atoms with van der Waals surface area (Å²) in [5.74, 6) is 1.74. The van der Waals surface area contributed by atoms with E-state index in [2.05, 4.69) is 46.6 Å². The van der Waals surface area contributed by atoms with Crippen molar-refractivity contribution < 1.29 is 14.2 Å². The molecule has 2 N–H and O–H groups in total. The Kier molecular flexibility index (Phi) is 14.6. The van der Waals surface area contributed by atoms with Gasteiger partial charge in [-0.15, -0.1) is 24.0 Å². The van der Waals surface area contributed by atoms with Gasteiger partial charge in [0, 0.05) is 32.5 Å². The molecule has 0 bridgehead atoms. The number of hydrogen-bond donors (Lipinski definition) is 2. The smallest absolute Gasteiger partial charge is 0.213 e. The Morgan fingerprint density at radius 1 is 1.06 bits per heavy atom. The van der Waals surface area contributed by atoms with E-state index in [0.717, 1.165) is 24.6 Å². The zero-order valence-electron chi connectivity index (χ0n) is 18.7. The van der Waals surface area contributed by atoms with E-state index in [1.165, 1.54) is 5.56 Å². The normalized spacial score (nSPS) is 12.0. The maximum absolute atomic E-state index is 5.82. The highest BCUT2D eigenvalue weighted by molar-refractivity contribution is 14.0. The highest BCUT2D eigenvalue weighted by Gasteiger charge is 2.05. The van der Waals surface area contributed by atoms with Crippen LogP contribution in [0.4, 0.5) is 0 Å². The van der Waals surface area contributed by atoms with Gasteiger partial charge < -0.3 is 24.8 Å². The molecule has 1 unspecified atom stereocenters. The van der Waals surface area contributed by atoms with Gasteiger partial charge in [-0.25, -0.2) is 9.98 Å². The van der Waals surface area contributed by atoms with E-state index in [0.29, 0.717) is 44.8 Å². The summed E-state index contributed by atoms with van der Waals surface area (Å²) in [6, 6.07) is 14.0. The van der Waals surface area contributed by atoms with Gasteiger partial charge in [-0.05, 0) is 24.0 Å². The standard InChI is InChI=1S/C23H34N4O3.HI/c1-4-24-23(26-14-19(2)17-29-18-20-8-6-5-7-9-20)27-16-21-10-11-22(25-15-21)30-13-12-28-3;/h5-11,15,19H,4,12-14,16-18H2,1-3H3,(H2,24,26,27);1H. The minimum absolute atomic E-state index is 0. The SMILES string of the molecule is CCNC(=NCc1ccc(OCCOC)nc1)NCC(C)COCc1ccccc1.I. The Labute approximate surface area is 203 Å². The first-order valence-corrected chi connectivity index (χ1v) is 10.4. The molecule has 1 aromatic carbocycles. The highest BCUT2D eigenvalue weighted by Crippen LogP contribution is 2.08. The molecule has 31 heavy (non-hydrogen) atoms. The zero-order chi connectivity index (χ0) is 21.4. The van der Waals surface area contributed by atoms with Crippen molar-refractivity contribution in [2.24, 2.45) is 10.9 Å². The molecular weight excluding hydrogens is 507 g/mol. The molecule has 1 heterocycles. The van der Waals surface area contributed by atoms with Gasteiger partial charge in [0.25, 0.3) is 0 Å². The van der Waals surface area contributed by atoms with Gasteiger partial charge in [0.05, 0.1) is 26.4 Å². The Bertz CT molecular complexity index is 729. The number of halogens is 1. The lowest BCUT2D eigenvalue weighted by Gasteiger charge is -2.16. The topological polar surface area (TPSA) is 77.0 Å². The first-order valence-electron chi connectivity index (χ1n) is 10.4. The first-order chi connectivity index (χ1) is 14.7. The molecule has 0 saturated heterocycles. The number of aromatic nitrogens is 1. The molecule has 2 aromatic rings. The third kappa shape index (κ3) is 11.9. The van der Waals surface area contributed by atoms with Crippen molar-refractivity contribution in [2.75, 3.05) is 40.0 Å². The molecule has 0 aliphatic carbocycles. The molecule has 0 radical (unpaired) electrons. The predicted octanol–water partition coefficient (Wildman–Crippen LogP) is 3.63. The summed E-state index contributed by atoms with van der Waals surface area (Å²) >= 11 is 0. The number of hydrogen-bond acceptors (Lipinski definition) is 5. The van der Waals surface area contributed by atoms with Crippen LogP contribution in [0.1, 0.15) is 25.0 Å². The lowest BCUT2D eigenvalue weighted by atomic mass is 10.2. The van der Waals surface area contributed by atoms with Gasteiger partial charge in [-0.3, -0.25) is 0 Å². The number of nitrogens with zero attached hydrogens (tertiary/aromatic N) is 2. The lowest BCUT2D eigenvalue weighted by molar-refractivity contribution is 0.0931. The van der Waals surface area contributed by atoms with E-state index < -0.39 is 0 Å². The molecule has 0 spiro atoms. The Morgan fingerprint density at radius 3 is 2.55 bits per heavy atom. The first kappa shape index (κ1) is 27.1. The minimum atomic E-state index is 0. The van der Waals surface area contributed by atoms with E-state index >= 15 is 0 Å². The summed E-state index contributed by atoms with van der Waals surface area (Å²) in [5, 5.41) is 6.66. The number of nitrogens with one attached hydrogen (secondary N) is 2. The van der Waals surface area contributed by atoms with E-state index in [-0.39, 0.29) is 24.0 Å². The van der Waals surface area contributed by atoms with Crippen LogP contribution in [0, 0.1) is 5.92 Å². The molecule has 0 aliphatic rings. The number of benzene rings is 1. The number of methoxy groups -OCH3 is 1. The Balaban J connectivity index is 0.00000480. The number of ether oxygens (including phenoxy) is 3. The summed E-state index contributed by atoms with van der Waals surface area (Å²) in [6.07, 6.45) is 1.79. The van der Waals surface area contributed by atoms with Crippen LogP contribution >= 0.6 is 24.0 Å². The lowest BCUT2D eigenvalue weighted by Crippen LogP contribution is -2.40. The largest absolute Gasteiger partial charge is 0.475 e. The number of rotatable bonds is 13. The third-order valence-electron chi connectivity index (χ3n) is 4.23. The molecule has 7 nitrogen and oxygen atoms in total. The number of pyridine rings is 1. The summed E-state index contributed by atoms with van der Waals surface area (Å²) < 4.78 is 16.3. The molecule has 0 saturated carbocycles. The number of guanidine groups is 1. The van der Waals surface area contributed by atoms with Crippen molar-refractivity contribution in [2.45, 2.75) is 27.0 Å². The van der Waals surface area contributed by atoms with Crippen molar-refractivity contribution in [3.05, 3.63) is 59.8 Å². The summed E-state index contributed by atoms with van der Waals surface area (Å²) in [4.78, 5) is 8.94. The van der Waals surface area contributed by atoms with Crippen LogP contribution in [0.5, 0.6) is 5.88 Å². The zero-order valence-corrected chi connectivity index (χ0v) is 21.0. The van der Waals surface area contributed by atoms with E-state index in [1.807, 2.05) is 30.3 Å². The van der Waals surface area contributed by atoms with Crippen LogP contribution in [0.3, 0.4) is 0 Å². The monoisotopic (exact) mass is 542 g/mol. The molecule has 172 valence electrons. The second kappa shape index (κ2) is 16.7. The van der Waals surface area contributed by atoms with Crippen molar-refractivity contribution in [3.8, 4) is 5.88 Å². The minimum Gasteiger partial charge on any atom is -0.475 e. The maximum atomic E-state index is 5.82. The van der Waals surface area contributed by atoms with Gasteiger partial charge in [0.1, 0.15) is 6.61 Å². The molecule has 0 fully saturated rings. The second-order valence-corrected chi connectivity index (χ2v) is 7.03. The Hall–Kier alpha value is -1.91. The van der Waals surface area contributed by atoms with E-state index in [9.17, 15) is 0 Å². The van der Waals surface area contributed by atoms with Crippen molar-refractivity contribution in [1.82, 2.24) is 15.6 Å². The summed E-state index contributed by atoms with van der Waals surface area (Å²) in [5.41, 5.74) is 2.21. The summed E-state index contributed by atoms with van der Waals surface area (Å²) in [7, 11) is 1.65. The third-order valence-corrected chi connectivity index (χ3v) is 4.23. The molecule has 8 heteroatoms. The molecule has 1 atom stereocenters. The van der Waals surface area contributed by atoms with Crippen LogP contribution in [0.2, 0.25) is 0 Å². The fraction of sp³-hybridized carbons (Fsp3) is 0.478. The van der Waals surface area contributed by atoms with Crippen LogP contribution in [-0.2, 0) is 22.6 Å². The average Bonchev–Trinajstić information content (AvgIpc) is 2.77. The fourth-order valence-electron chi connectivity index (χ4n) is 2.61. The van der Waals surface area contributed by atoms with E-state index in [4.69, 9.17) is 14.2 Å². The van der Waals surface area contributed by atoms with Gasteiger partial charge in [-0.1, -0.05) is 43.3 Å². The van der Waals surface area contributed by atoms with Crippen molar-refractivity contribution in [3.63, 3.8) is 0 Å². The second-order valence-electron chi connectivity index (χ2n) is 7.03. The van der Waals surface area contributed by atoms with Crippen LogP contribution in [0.15, 0.2) is 53.7 Å². The predicted molar refractivity (Wildman–Crippen MR) is 135 cm³/mol. The molecular formula is C23H35IN4O3. The van der Waals surface area contributed by atoms with Gasteiger partial charge in [0.2, 0.25) is 5.88 Å². The van der Waals surface area contributed by atoms with Crippen molar-refractivity contribution in [1.29, 1.82) is 0 Å². The maximum Gasteiger partial charge on any atom is 0.213 e. The Morgan fingerprint density at radius 2 is 1.87 bits per heavy atom. The molecule has 1 aromatic heterocycles. The van der Waals surface area contributed by atoms with Gasteiger partial charge >= 0.3 is 0 Å². The quantitative estimate of drug-likeness (QED) is 0.174. The van der Waals surface area contributed by atoms with Gasteiger partial charge in [-0.2, -0.15) is 0 Å². The summed E-state index contributed by atoms with van der Waals surface area (Å²) in [6.45, 7) is 8.70. The average molecular weight is 542 g/mol. The number of aliphatic imine (C=N–C) groups is 1. The van der Waals surface area contributed by atoms with Crippen LogP contribution in [-0.4, -0.2) is 51.0 Å². The highest BCUT2D eigenvalue weighted by atomic mass is 127. The molecule has 0 amide bonds. The molecule has 0 aliphatic heterocycles. The van der Waals surface area contributed by atoms with Crippen LogP contribution in [0.25, 0.3) is 0 Å². The fourth-order valence-corrected chi connectivity index (χ4v) is 2.61.